The molecule has 4 nitrogen and oxygen atoms in total. The van der Waals surface area contributed by atoms with Crippen LogP contribution in [0, 0.1) is 25.2 Å². The number of nitriles is 1. The first-order valence-corrected chi connectivity index (χ1v) is 5.04. The molecule has 1 rings (SSSR count). The van der Waals surface area contributed by atoms with Crippen LogP contribution in [0.2, 0.25) is 0 Å². The molecule has 2 N–H and O–H groups in total. The van der Waals surface area contributed by atoms with E-state index in [1.807, 2.05) is 6.07 Å². The van der Waals surface area contributed by atoms with E-state index < -0.39 is 12.5 Å². The van der Waals surface area contributed by atoms with Crippen LogP contribution in [-0.2, 0) is 0 Å². The highest BCUT2D eigenvalue weighted by molar-refractivity contribution is 5.56. The molecule has 1 aromatic heterocycles. The second kappa shape index (κ2) is 5.55. The second-order valence-corrected chi connectivity index (χ2v) is 3.70. The summed E-state index contributed by atoms with van der Waals surface area (Å²) in [5, 5.41) is 20.5. The Morgan fingerprint density at radius 1 is 1.53 bits per heavy atom. The fourth-order valence-electron chi connectivity index (χ4n) is 1.40. The molecular formula is C11H13F2N3O. The summed E-state index contributed by atoms with van der Waals surface area (Å²) >= 11 is 0. The van der Waals surface area contributed by atoms with Crippen molar-refractivity contribution in [3.63, 3.8) is 0 Å². The van der Waals surface area contributed by atoms with E-state index in [0.29, 0.717) is 16.8 Å². The molecule has 1 heterocycles. The topological polar surface area (TPSA) is 68.9 Å². The van der Waals surface area contributed by atoms with Crippen LogP contribution in [0.15, 0.2) is 6.07 Å². The van der Waals surface area contributed by atoms with Gasteiger partial charge in [-0.1, -0.05) is 0 Å². The monoisotopic (exact) mass is 241 g/mol. The Hall–Kier alpha value is -1.74. The first kappa shape index (κ1) is 13.3. The van der Waals surface area contributed by atoms with E-state index >= 15 is 0 Å². The number of nitrogens with one attached hydrogen (secondary N) is 1. The van der Waals surface area contributed by atoms with E-state index in [0.717, 1.165) is 0 Å². The van der Waals surface area contributed by atoms with Crippen LogP contribution in [0.1, 0.15) is 16.8 Å². The number of pyridine rings is 1. The molecule has 92 valence electrons. The number of alkyl halides is 2. The van der Waals surface area contributed by atoms with Gasteiger partial charge in [-0.3, -0.25) is 0 Å². The standard InChI is InChI=1S/C11H13F2N3O/c1-6-3-7(2)16-11(8(6)4-14)15-5-9(17)10(12)13/h3,9-10,17H,5H2,1-2H3,(H,15,16). The maximum Gasteiger partial charge on any atom is 0.265 e. The summed E-state index contributed by atoms with van der Waals surface area (Å²) in [6.45, 7) is 3.13. The molecule has 0 aliphatic carbocycles. The minimum absolute atomic E-state index is 0.227. The smallest absolute Gasteiger partial charge is 0.265 e. The van der Waals surface area contributed by atoms with Crippen LogP contribution < -0.4 is 5.32 Å². The third-order valence-corrected chi connectivity index (χ3v) is 2.23. The van der Waals surface area contributed by atoms with Crippen molar-refractivity contribution in [3.8, 4) is 6.07 Å². The first-order valence-electron chi connectivity index (χ1n) is 5.04. The van der Waals surface area contributed by atoms with Gasteiger partial charge in [-0.2, -0.15) is 5.26 Å². The van der Waals surface area contributed by atoms with E-state index in [1.54, 1.807) is 19.9 Å². The number of hydrogen-bond acceptors (Lipinski definition) is 4. The lowest BCUT2D eigenvalue weighted by atomic mass is 10.1. The Kier molecular flexibility index (Phi) is 4.35. The molecule has 0 spiro atoms. The predicted molar refractivity (Wildman–Crippen MR) is 58.9 cm³/mol. The maximum absolute atomic E-state index is 12.1. The maximum atomic E-state index is 12.1. The predicted octanol–water partition coefficient (Wildman–Crippen LogP) is 1.61. The minimum atomic E-state index is -2.82. The average Bonchev–Trinajstić information content (AvgIpc) is 2.24. The second-order valence-electron chi connectivity index (χ2n) is 3.70. The van der Waals surface area contributed by atoms with Crippen molar-refractivity contribution in [2.24, 2.45) is 0 Å². The molecular weight excluding hydrogens is 228 g/mol. The van der Waals surface area contributed by atoms with E-state index in [1.165, 1.54) is 0 Å². The van der Waals surface area contributed by atoms with Crippen molar-refractivity contribution in [1.82, 2.24) is 4.98 Å². The number of aromatic nitrogens is 1. The molecule has 0 aliphatic heterocycles. The number of aliphatic hydroxyl groups is 1. The Labute approximate surface area is 97.9 Å². The molecule has 1 unspecified atom stereocenters. The third kappa shape index (κ3) is 3.36. The van der Waals surface area contributed by atoms with Crippen LogP contribution in [0.3, 0.4) is 0 Å². The molecule has 0 bridgehead atoms. The van der Waals surface area contributed by atoms with Gasteiger partial charge in [0, 0.05) is 12.2 Å². The number of aryl methyl sites for hydroxylation is 2. The van der Waals surface area contributed by atoms with Gasteiger partial charge in [-0.25, -0.2) is 13.8 Å². The lowest BCUT2D eigenvalue weighted by Gasteiger charge is -2.13. The van der Waals surface area contributed by atoms with Gasteiger partial charge < -0.3 is 10.4 Å². The summed E-state index contributed by atoms with van der Waals surface area (Å²) in [7, 11) is 0. The summed E-state index contributed by atoms with van der Waals surface area (Å²) in [6.07, 6.45) is -4.59. The SMILES string of the molecule is Cc1cc(C)c(C#N)c(NCC(O)C(F)F)n1. The van der Waals surface area contributed by atoms with Gasteiger partial charge in [-0.15, -0.1) is 0 Å². The van der Waals surface area contributed by atoms with Gasteiger partial charge in [0.1, 0.15) is 18.0 Å². The number of halogens is 2. The van der Waals surface area contributed by atoms with Crippen molar-refractivity contribution >= 4 is 5.82 Å². The fraction of sp³-hybridized carbons (Fsp3) is 0.455. The normalized spacial score (nSPS) is 12.3. The number of hydrogen-bond donors (Lipinski definition) is 2. The zero-order valence-corrected chi connectivity index (χ0v) is 9.54. The van der Waals surface area contributed by atoms with E-state index in [2.05, 4.69) is 10.3 Å². The fourth-order valence-corrected chi connectivity index (χ4v) is 1.40. The molecule has 0 fully saturated rings. The van der Waals surface area contributed by atoms with Gasteiger partial charge >= 0.3 is 0 Å². The summed E-state index contributed by atoms with van der Waals surface area (Å²) in [5.74, 6) is 0.227. The van der Waals surface area contributed by atoms with Gasteiger partial charge in [0.25, 0.3) is 6.43 Å². The highest BCUT2D eigenvalue weighted by Crippen LogP contribution is 2.17. The minimum Gasteiger partial charge on any atom is -0.385 e. The molecule has 0 aliphatic rings. The molecule has 1 atom stereocenters. The number of nitrogens with zero attached hydrogens (tertiary/aromatic N) is 2. The average molecular weight is 241 g/mol. The van der Waals surface area contributed by atoms with Crippen LogP contribution in [0.25, 0.3) is 0 Å². The Balaban J connectivity index is 2.88. The van der Waals surface area contributed by atoms with Crippen molar-refractivity contribution < 1.29 is 13.9 Å². The lowest BCUT2D eigenvalue weighted by Crippen LogP contribution is -2.27. The summed E-state index contributed by atoms with van der Waals surface area (Å²) in [5.41, 5.74) is 1.70. The largest absolute Gasteiger partial charge is 0.385 e. The first-order chi connectivity index (χ1) is 7.95. The van der Waals surface area contributed by atoms with Crippen LogP contribution in [0.5, 0.6) is 0 Å². The zero-order valence-electron chi connectivity index (χ0n) is 9.54. The zero-order chi connectivity index (χ0) is 13.0. The van der Waals surface area contributed by atoms with Gasteiger partial charge in [0.15, 0.2) is 0 Å². The highest BCUT2D eigenvalue weighted by Gasteiger charge is 2.17. The molecule has 0 amide bonds. The van der Waals surface area contributed by atoms with Crippen LogP contribution in [-0.4, -0.2) is 29.2 Å². The molecule has 0 radical (unpaired) electrons. The van der Waals surface area contributed by atoms with Crippen molar-refractivity contribution in [2.45, 2.75) is 26.4 Å². The summed E-state index contributed by atoms with van der Waals surface area (Å²) in [4.78, 5) is 4.05. The van der Waals surface area contributed by atoms with E-state index in [-0.39, 0.29) is 12.4 Å². The number of anilines is 1. The molecule has 1 aromatic rings. The number of rotatable bonds is 4. The van der Waals surface area contributed by atoms with Gasteiger partial charge in [0.05, 0.1) is 5.56 Å². The van der Waals surface area contributed by atoms with E-state index in [4.69, 9.17) is 10.4 Å². The van der Waals surface area contributed by atoms with Gasteiger partial charge in [0.2, 0.25) is 0 Å². The van der Waals surface area contributed by atoms with Gasteiger partial charge in [-0.05, 0) is 25.5 Å². The molecule has 0 saturated carbocycles. The molecule has 6 heteroatoms. The van der Waals surface area contributed by atoms with E-state index in [9.17, 15) is 8.78 Å². The summed E-state index contributed by atoms with van der Waals surface area (Å²) < 4.78 is 24.2. The highest BCUT2D eigenvalue weighted by atomic mass is 19.3. The number of aliphatic hydroxyl groups excluding tert-OH is 1. The Bertz CT molecular complexity index is 443. The molecule has 0 aromatic carbocycles. The van der Waals surface area contributed by atoms with Crippen molar-refractivity contribution in [3.05, 3.63) is 22.9 Å². The Morgan fingerprint density at radius 3 is 2.71 bits per heavy atom. The van der Waals surface area contributed by atoms with Crippen LogP contribution >= 0.6 is 0 Å². The Morgan fingerprint density at radius 2 is 2.18 bits per heavy atom. The third-order valence-electron chi connectivity index (χ3n) is 2.23. The quantitative estimate of drug-likeness (QED) is 0.840. The lowest BCUT2D eigenvalue weighted by molar-refractivity contribution is 0.00380. The summed E-state index contributed by atoms with van der Waals surface area (Å²) in [6, 6.07) is 3.68. The van der Waals surface area contributed by atoms with Crippen LogP contribution in [0.4, 0.5) is 14.6 Å². The van der Waals surface area contributed by atoms with Crippen molar-refractivity contribution in [1.29, 1.82) is 5.26 Å². The van der Waals surface area contributed by atoms with Crippen molar-refractivity contribution in [2.75, 3.05) is 11.9 Å². The molecule has 17 heavy (non-hydrogen) atoms. The molecule has 0 saturated heterocycles.